The molecule has 0 aliphatic carbocycles. The van der Waals surface area contributed by atoms with E-state index in [2.05, 4.69) is 0 Å². The van der Waals surface area contributed by atoms with E-state index >= 15 is 0 Å². The number of carbonyl (C=O) groups excluding carboxylic acids is 1. The fourth-order valence-corrected chi connectivity index (χ4v) is 2.26. The minimum atomic E-state index is -0.200. The van der Waals surface area contributed by atoms with Crippen molar-refractivity contribution >= 4 is 5.91 Å². The van der Waals surface area contributed by atoms with Crippen molar-refractivity contribution in [2.75, 3.05) is 19.6 Å². The zero-order chi connectivity index (χ0) is 13.8. The van der Waals surface area contributed by atoms with Gasteiger partial charge in [-0.2, -0.15) is 5.26 Å². The van der Waals surface area contributed by atoms with Gasteiger partial charge in [0.2, 0.25) is 0 Å². The summed E-state index contributed by atoms with van der Waals surface area (Å²) < 4.78 is 5.39. The van der Waals surface area contributed by atoms with Gasteiger partial charge in [-0.1, -0.05) is 0 Å². The third kappa shape index (κ3) is 2.85. The molecule has 1 amide bonds. The number of hydrogen-bond donors (Lipinski definition) is 1. The number of nitriles is 1. The number of ether oxygens (including phenoxy) is 1. The molecule has 0 aromatic rings. The summed E-state index contributed by atoms with van der Waals surface area (Å²) in [7, 11) is 0. The van der Waals surface area contributed by atoms with Gasteiger partial charge in [-0.25, -0.2) is 0 Å². The van der Waals surface area contributed by atoms with E-state index < -0.39 is 0 Å². The Bertz CT molecular complexity index is 517. The molecule has 0 atom stereocenters. The Morgan fingerprint density at radius 2 is 2.16 bits per heavy atom. The average Bonchev–Trinajstić information content (AvgIpc) is 2.92. The van der Waals surface area contributed by atoms with E-state index in [-0.39, 0.29) is 18.0 Å². The number of allylic oxidation sites excluding steroid dienone is 4. The maximum atomic E-state index is 12.3. The van der Waals surface area contributed by atoms with E-state index in [1.165, 1.54) is 0 Å². The van der Waals surface area contributed by atoms with Gasteiger partial charge in [-0.3, -0.25) is 4.79 Å². The molecule has 100 valence electrons. The first-order chi connectivity index (χ1) is 9.15. The van der Waals surface area contributed by atoms with E-state index in [0.29, 0.717) is 17.1 Å². The number of rotatable bonds is 2. The lowest BCUT2D eigenvalue weighted by atomic mass is 10.0. The van der Waals surface area contributed by atoms with Crippen LogP contribution in [0.15, 0.2) is 34.8 Å². The molecular formula is C14H17N3O2. The van der Waals surface area contributed by atoms with Gasteiger partial charge in [0.05, 0.1) is 6.54 Å². The molecule has 0 spiro atoms. The first-order valence-corrected chi connectivity index (χ1v) is 6.36. The van der Waals surface area contributed by atoms with E-state index in [9.17, 15) is 10.1 Å². The number of carbonyl (C=O) groups is 1. The van der Waals surface area contributed by atoms with Crippen molar-refractivity contribution in [3.05, 3.63) is 34.8 Å². The van der Waals surface area contributed by atoms with Crippen molar-refractivity contribution in [2.45, 2.75) is 19.8 Å². The Labute approximate surface area is 112 Å². The molecule has 5 nitrogen and oxygen atoms in total. The van der Waals surface area contributed by atoms with Gasteiger partial charge in [0.1, 0.15) is 23.2 Å². The Morgan fingerprint density at radius 3 is 2.74 bits per heavy atom. The molecule has 2 aliphatic rings. The van der Waals surface area contributed by atoms with Crippen LogP contribution in [0, 0.1) is 11.3 Å². The van der Waals surface area contributed by atoms with Crippen LogP contribution in [-0.4, -0.2) is 30.4 Å². The van der Waals surface area contributed by atoms with Gasteiger partial charge in [-0.15, -0.1) is 0 Å². The van der Waals surface area contributed by atoms with Crippen LogP contribution in [-0.2, 0) is 9.53 Å². The highest BCUT2D eigenvalue weighted by atomic mass is 16.5. The molecule has 2 heterocycles. The molecule has 0 aromatic heterocycles. The highest BCUT2D eigenvalue weighted by molar-refractivity contribution is 5.99. The quantitative estimate of drug-likeness (QED) is 0.597. The van der Waals surface area contributed by atoms with Crippen molar-refractivity contribution in [2.24, 2.45) is 5.73 Å². The standard InChI is InChI=1S/C14H17N3O2/c1-10-6-11(7-12(8-15)19-10)13(9-16)14(18)17-4-2-3-5-17/h6-7H,2-5,8,15H2,1H3/b13-11-. The molecule has 0 saturated carbocycles. The Balaban J connectivity index is 2.35. The Hall–Kier alpha value is -2.06. The molecular weight excluding hydrogens is 242 g/mol. The summed E-state index contributed by atoms with van der Waals surface area (Å²) in [6, 6.07) is 2.02. The van der Waals surface area contributed by atoms with Crippen LogP contribution in [0.25, 0.3) is 0 Å². The molecule has 2 rings (SSSR count). The van der Waals surface area contributed by atoms with Gasteiger partial charge in [0, 0.05) is 18.7 Å². The second kappa shape index (κ2) is 5.72. The Morgan fingerprint density at radius 1 is 1.47 bits per heavy atom. The summed E-state index contributed by atoms with van der Waals surface area (Å²) in [5.41, 5.74) is 6.30. The van der Waals surface area contributed by atoms with Crippen LogP contribution in [0.5, 0.6) is 0 Å². The summed E-state index contributed by atoms with van der Waals surface area (Å²) in [4.78, 5) is 14.0. The summed E-state index contributed by atoms with van der Waals surface area (Å²) in [5, 5.41) is 9.27. The van der Waals surface area contributed by atoms with Crippen molar-refractivity contribution in [1.29, 1.82) is 5.26 Å². The van der Waals surface area contributed by atoms with Gasteiger partial charge in [0.25, 0.3) is 5.91 Å². The lowest BCUT2D eigenvalue weighted by Crippen LogP contribution is -2.29. The SMILES string of the molecule is CC1=C/C(=C(\C#N)C(=O)N2CCCC2)C=C(CN)O1. The lowest BCUT2D eigenvalue weighted by molar-refractivity contribution is -0.125. The van der Waals surface area contributed by atoms with Crippen molar-refractivity contribution in [1.82, 2.24) is 4.90 Å². The van der Waals surface area contributed by atoms with Crippen molar-refractivity contribution < 1.29 is 9.53 Å². The maximum absolute atomic E-state index is 12.3. The molecule has 2 aliphatic heterocycles. The number of hydrogen-bond acceptors (Lipinski definition) is 4. The minimum Gasteiger partial charge on any atom is -0.465 e. The van der Waals surface area contributed by atoms with Crippen LogP contribution in [0.2, 0.25) is 0 Å². The first kappa shape index (κ1) is 13.4. The number of nitrogens with two attached hydrogens (primary N) is 1. The normalized spacial score (nSPS) is 21.2. The zero-order valence-corrected chi connectivity index (χ0v) is 11.0. The second-order valence-corrected chi connectivity index (χ2v) is 4.61. The van der Waals surface area contributed by atoms with Crippen LogP contribution in [0.3, 0.4) is 0 Å². The molecule has 2 N–H and O–H groups in total. The fraction of sp³-hybridized carbons (Fsp3) is 0.429. The molecule has 0 unspecified atom stereocenters. The van der Waals surface area contributed by atoms with Gasteiger partial charge in [-0.05, 0) is 31.9 Å². The Kier molecular flexibility index (Phi) is 4.03. The van der Waals surface area contributed by atoms with Crippen LogP contribution < -0.4 is 5.73 Å². The lowest BCUT2D eigenvalue weighted by Gasteiger charge is -2.18. The molecule has 0 radical (unpaired) electrons. The summed E-state index contributed by atoms with van der Waals surface area (Å²) in [6.45, 7) is 3.47. The molecule has 1 fully saturated rings. The number of amides is 1. The smallest absolute Gasteiger partial charge is 0.265 e. The van der Waals surface area contributed by atoms with Crippen molar-refractivity contribution in [3.8, 4) is 6.07 Å². The van der Waals surface area contributed by atoms with E-state index in [1.807, 2.05) is 6.07 Å². The fourth-order valence-electron chi connectivity index (χ4n) is 2.26. The molecule has 0 aromatic carbocycles. The predicted octanol–water partition coefficient (Wildman–Crippen LogP) is 1.21. The first-order valence-electron chi connectivity index (χ1n) is 6.36. The number of likely N-dealkylation sites (tertiary alicyclic amines) is 1. The summed E-state index contributed by atoms with van der Waals surface area (Å²) in [5.74, 6) is 1.01. The van der Waals surface area contributed by atoms with Crippen LogP contribution >= 0.6 is 0 Å². The van der Waals surface area contributed by atoms with Gasteiger partial charge < -0.3 is 15.4 Å². The molecule has 0 bridgehead atoms. The average molecular weight is 259 g/mol. The molecule has 19 heavy (non-hydrogen) atoms. The maximum Gasteiger partial charge on any atom is 0.265 e. The highest BCUT2D eigenvalue weighted by Gasteiger charge is 2.24. The summed E-state index contributed by atoms with van der Waals surface area (Å²) >= 11 is 0. The zero-order valence-electron chi connectivity index (χ0n) is 11.0. The highest BCUT2D eigenvalue weighted by Crippen LogP contribution is 2.22. The van der Waals surface area contributed by atoms with Crippen LogP contribution in [0.4, 0.5) is 0 Å². The van der Waals surface area contributed by atoms with E-state index in [0.717, 1.165) is 25.9 Å². The minimum absolute atomic E-state index is 0.163. The topological polar surface area (TPSA) is 79.4 Å². The van der Waals surface area contributed by atoms with Crippen molar-refractivity contribution in [3.63, 3.8) is 0 Å². The third-order valence-electron chi connectivity index (χ3n) is 3.18. The monoisotopic (exact) mass is 259 g/mol. The van der Waals surface area contributed by atoms with E-state index in [4.69, 9.17) is 10.5 Å². The van der Waals surface area contributed by atoms with Crippen LogP contribution in [0.1, 0.15) is 19.8 Å². The third-order valence-corrected chi connectivity index (χ3v) is 3.18. The summed E-state index contributed by atoms with van der Waals surface area (Å²) in [6.07, 6.45) is 5.37. The van der Waals surface area contributed by atoms with E-state index in [1.54, 1.807) is 24.0 Å². The largest absolute Gasteiger partial charge is 0.465 e. The molecule has 5 heteroatoms. The second-order valence-electron chi connectivity index (χ2n) is 4.61. The number of nitrogens with zero attached hydrogens (tertiary/aromatic N) is 2. The predicted molar refractivity (Wildman–Crippen MR) is 70.4 cm³/mol. The molecule has 1 saturated heterocycles. The van der Waals surface area contributed by atoms with Gasteiger partial charge in [0.15, 0.2) is 0 Å². The van der Waals surface area contributed by atoms with Gasteiger partial charge >= 0.3 is 0 Å².